The van der Waals surface area contributed by atoms with Gasteiger partial charge in [0.05, 0.1) is 20.1 Å². The van der Waals surface area contributed by atoms with E-state index in [1.54, 1.807) is 6.92 Å². The molecule has 0 aliphatic carbocycles. The first-order valence-electron chi connectivity index (χ1n) is 3.76. The van der Waals surface area contributed by atoms with Crippen LogP contribution in [0.15, 0.2) is 0 Å². The lowest BCUT2D eigenvalue weighted by molar-refractivity contribution is -0.146. The molecule has 0 N–H and O–H groups in total. The third-order valence-electron chi connectivity index (χ3n) is 1.61. The van der Waals surface area contributed by atoms with Crippen LogP contribution in [0.5, 0.6) is 0 Å². The molecule has 0 amide bonds. The van der Waals surface area contributed by atoms with Crippen LogP contribution in [-0.4, -0.2) is 26.2 Å². The van der Waals surface area contributed by atoms with Gasteiger partial charge in [-0.25, -0.2) is 0 Å². The molecule has 0 aliphatic rings. The molecule has 0 unspecified atom stereocenters. The van der Waals surface area contributed by atoms with Gasteiger partial charge in [-0.15, -0.1) is 0 Å². The maximum atomic E-state index is 10.8. The fourth-order valence-corrected chi connectivity index (χ4v) is 0.755. The molecule has 0 spiro atoms. The van der Waals surface area contributed by atoms with Crippen LogP contribution in [0.1, 0.15) is 19.8 Å². The van der Waals surface area contributed by atoms with Gasteiger partial charge in [-0.1, -0.05) is 6.92 Å². The van der Waals surface area contributed by atoms with Crippen molar-refractivity contribution in [2.24, 2.45) is 5.92 Å². The van der Waals surface area contributed by atoms with Crippen molar-refractivity contribution in [1.29, 1.82) is 0 Å². The van der Waals surface area contributed by atoms with E-state index in [2.05, 4.69) is 9.47 Å². The van der Waals surface area contributed by atoms with Crippen LogP contribution >= 0.6 is 0 Å². The van der Waals surface area contributed by atoms with Crippen molar-refractivity contribution >= 4 is 11.9 Å². The summed E-state index contributed by atoms with van der Waals surface area (Å²) in [5, 5.41) is 0. The van der Waals surface area contributed by atoms with Crippen molar-refractivity contribution < 1.29 is 19.1 Å². The standard InChI is InChI=1S/C8H14O4/c1-6(8(10)12-3)4-5-7(9)11-2/h6H,4-5H2,1-3H3/t6-/m1/s1. The molecular weight excluding hydrogens is 160 g/mol. The zero-order valence-electron chi connectivity index (χ0n) is 7.62. The van der Waals surface area contributed by atoms with Crippen LogP contribution in [0.4, 0.5) is 0 Å². The van der Waals surface area contributed by atoms with Crippen molar-refractivity contribution in [2.45, 2.75) is 19.8 Å². The minimum absolute atomic E-state index is 0.242. The molecule has 0 aliphatic heterocycles. The number of carbonyl (C=O) groups is 2. The molecular formula is C8H14O4. The molecule has 0 aromatic rings. The summed E-state index contributed by atoms with van der Waals surface area (Å²) in [5.41, 5.74) is 0. The number of esters is 2. The summed E-state index contributed by atoms with van der Waals surface area (Å²) in [5.74, 6) is -0.834. The Morgan fingerprint density at radius 3 is 2.25 bits per heavy atom. The molecule has 0 heterocycles. The van der Waals surface area contributed by atoms with Crippen molar-refractivity contribution in [1.82, 2.24) is 0 Å². The van der Waals surface area contributed by atoms with Crippen LogP contribution in [0.25, 0.3) is 0 Å². The number of hydrogen-bond acceptors (Lipinski definition) is 4. The van der Waals surface area contributed by atoms with E-state index < -0.39 is 0 Å². The van der Waals surface area contributed by atoms with E-state index >= 15 is 0 Å². The summed E-state index contributed by atoms with van der Waals surface area (Å²) in [7, 11) is 2.65. The molecule has 4 heteroatoms. The Balaban J connectivity index is 3.63. The van der Waals surface area contributed by atoms with Gasteiger partial charge in [0.2, 0.25) is 0 Å². The Kier molecular flexibility index (Phi) is 5.08. The van der Waals surface area contributed by atoms with Gasteiger partial charge in [-0.2, -0.15) is 0 Å². The topological polar surface area (TPSA) is 52.6 Å². The lowest BCUT2D eigenvalue weighted by Gasteiger charge is -2.06. The van der Waals surface area contributed by atoms with E-state index in [4.69, 9.17) is 0 Å². The van der Waals surface area contributed by atoms with Gasteiger partial charge in [-0.3, -0.25) is 9.59 Å². The molecule has 0 aromatic carbocycles. The van der Waals surface area contributed by atoms with E-state index in [9.17, 15) is 9.59 Å². The highest BCUT2D eigenvalue weighted by Gasteiger charge is 2.14. The highest BCUT2D eigenvalue weighted by molar-refractivity contribution is 5.74. The van der Waals surface area contributed by atoms with Crippen LogP contribution < -0.4 is 0 Å². The Morgan fingerprint density at radius 1 is 1.25 bits per heavy atom. The number of hydrogen-bond donors (Lipinski definition) is 0. The Labute approximate surface area is 71.8 Å². The third-order valence-corrected chi connectivity index (χ3v) is 1.61. The van der Waals surface area contributed by atoms with Crippen molar-refractivity contribution in [3.05, 3.63) is 0 Å². The quantitative estimate of drug-likeness (QED) is 0.590. The molecule has 4 nitrogen and oxygen atoms in total. The molecule has 12 heavy (non-hydrogen) atoms. The SMILES string of the molecule is COC(=O)CC[C@@H](C)C(=O)OC. The smallest absolute Gasteiger partial charge is 0.308 e. The third kappa shape index (κ3) is 3.95. The maximum absolute atomic E-state index is 10.8. The zero-order valence-corrected chi connectivity index (χ0v) is 7.62. The van der Waals surface area contributed by atoms with Gasteiger partial charge in [0.25, 0.3) is 0 Å². The van der Waals surface area contributed by atoms with Gasteiger partial charge in [0, 0.05) is 6.42 Å². The van der Waals surface area contributed by atoms with E-state index in [1.807, 2.05) is 0 Å². The van der Waals surface area contributed by atoms with Crippen LogP contribution in [0.3, 0.4) is 0 Å². The van der Waals surface area contributed by atoms with Crippen molar-refractivity contribution in [2.75, 3.05) is 14.2 Å². The molecule has 70 valence electrons. The van der Waals surface area contributed by atoms with E-state index in [0.717, 1.165) is 0 Å². The van der Waals surface area contributed by atoms with Crippen LogP contribution in [0.2, 0.25) is 0 Å². The highest BCUT2D eigenvalue weighted by atomic mass is 16.5. The zero-order chi connectivity index (χ0) is 9.56. The first kappa shape index (κ1) is 10.9. The first-order valence-corrected chi connectivity index (χ1v) is 3.76. The van der Waals surface area contributed by atoms with E-state index in [1.165, 1.54) is 14.2 Å². The summed E-state index contributed by atoms with van der Waals surface area (Å²) >= 11 is 0. The number of rotatable bonds is 4. The Morgan fingerprint density at radius 2 is 1.83 bits per heavy atom. The summed E-state index contributed by atoms with van der Waals surface area (Å²) in [6, 6.07) is 0. The van der Waals surface area contributed by atoms with Crippen molar-refractivity contribution in [3.8, 4) is 0 Å². The normalized spacial score (nSPS) is 11.9. The lowest BCUT2D eigenvalue weighted by Crippen LogP contribution is -2.14. The van der Waals surface area contributed by atoms with Gasteiger partial charge < -0.3 is 9.47 Å². The second kappa shape index (κ2) is 5.57. The second-order valence-electron chi connectivity index (χ2n) is 2.54. The van der Waals surface area contributed by atoms with Crippen molar-refractivity contribution in [3.63, 3.8) is 0 Å². The number of carbonyl (C=O) groups excluding carboxylic acids is 2. The molecule has 0 fully saturated rings. The summed E-state index contributed by atoms with van der Waals surface area (Å²) in [6.45, 7) is 1.72. The Bertz CT molecular complexity index is 164. The molecule has 0 saturated heterocycles. The van der Waals surface area contributed by atoms with E-state index in [-0.39, 0.29) is 24.3 Å². The van der Waals surface area contributed by atoms with Gasteiger partial charge in [0.1, 0.15) is 0 Å². The maximum Gasteiger partial charge on any atom is 0.308 e. The molecule has 0 radical (unpaired) electrons. The fraction of sp³-hybridized carbons (Fsp3) is 0.750. The van der Waals surface area contributed by atoms with Crippen LogP contribution in [0, 0.1) is 5.92 Å². The fourth-order valence-electron chi connectivity index (χ4n) is 0.755. The van der Waals surface area contributed by atoms with Gasteiger partial charge in [-0.05, 0) is 6.42 Å². The summed E-state index contributed by atoms with van der Waals surface area (Å²) in [4.78, 5) is 21.5. The van der Waals surface area contributed by atoms with E-state index in [0.29, 0.717) is 6.42 Å². The minimum Gasteiger partial charge on any atom is -0.469 e. The number of methoxy groups -OCH3 is 2. The lowest BCUT2D eigenvalue weighted by atomic mass is 10.1. The average molecular weight is 174 g/mol. The minimum atomic E-state index is -0.300. The predicted octanol–water partition coefficient (Wildman–Crippen LogP) is 0.749. The monoisotopic (exact) mass is 174 g/mol. The average Bonchev–Trinajstić information content (AvgIpc) is 2.11. The Hall–Kier alpha value is -1.06. The first-order chi connectivity index (χ1) is 5.61. The molecule has 0 aromatic heterocycles. The van der Waals surface area contributed by atoms with Gasteiger partial charge >= 0.3 is 11.9 Å². The number of ether oxygens (including phenoxy) is 2. The second-order valence-corrected chi connectivity index (χ2v) is 2.54. The van der Waals surface area contributed by atoms with Crippen LogP contribution in [-0.2, 0) is 19.1 Å². The summed E-state index contributed by atoms with van der Waals surface area (Å²) in [6.07, 6.45) is 0.728. The molecule has 0 rings (SSSR count). The summed E-state index contributed by atoms with van der Waals surface area (Å²) < 4.78 is 8.91. The van der Waals surface area contributed by atoms with Gasteiger partial charge in [0.15, 0.2) is 0 Å². The largest absolute Gasteiger partial charge is 0.469 e. The molecule has 1 atom stereocenters. The predicted molar refractivity (Wildman–Crippen MR) is 42.4 cm³/mol. The molecule has 0 saturated carbocycles. The highest BCUT2D eigenvalue weighted by Crippen LogP contribution is 2.07. The molecule has 0 bridgehead atoms.